The molecule has 1 N–H and O–H groups in total. The van der Waals surface area contributed by atoms with Crippen molar-refractivity contribution in [3.63, 3.8) is 0 Å². The van der Waals surface area contributed by atoms with E-state index in [2.05, 4.69) is 36.8 Å². The van der Waals surface area contributed by atoms with E-state index in [-0.39, 0.29) is 0 Å². The Morgan fingerprint density at radius 1 is 1.53 bits per heavy atom. The summed E-state index contributed by atoms with van der Waals surface area (Å²) in [7, 11) is 0. The number of unbranched alkanes of at least 4 members (excludes halogenated alkanes) is 1. The average Bonchev–Trinajstić information content (AvgIpc) is 2.35. The third-order valence-electron chi connectivity index (χ3n) is 2.97. The van der Waals surface area contributed by atoms with E-state index >= 15 is 0 Å². The Labute approximate surface area is 105 Å². The molecule has 17 heavy (non-hydrogen) atoms. The predicted molar refractivity (Wildman–Crippen MR) is 74.1 cm³/mol. The molecule has 0 saturated heterocycles. The number of hydrogen-bond donors (Lipinski definition) is 1. The summed E-state index contributed by atoms with van der Waals surface area (Å²) < 4.78 is 0. The Morgan fingerprint density at radius 3 is 3.00 bits per heavy atom. The van der Waals surface area contributed by atoms with Crippen LogP contribution in [0.15, 0.2) is 31.0 Å². The Hall–Kier alpha value is -1.15. The molecule has 0 aliphatic heterocycles. The molecule has 0 radical (unpaired) electrons. The van der Waals surface area contributed by atoms with Crippen LogP contribution in [0, 0.1) is 6.92 Å². The molecule has 0 amide bonds. The molecule has 0 saturated carbocycles. The molecule has 0 aliphatic rings. The van der Waals surface area contributed by atoms with Gasteiger partial charge in [0.15, 0.2) is 0 Å². The SMILES string of the molecule is C=CCCCC(NCCC)c1cccnc1C. The predicted octanol–water partition coefficient (Wildman–Crippen LogP) is 3.79. The zero-order valence-electron chi connectivity index (χ0n) is 11.1. The average molecular weight is 232 g/mol. The number of rotatable bonds is 8. The highest BCUT2D eigenvalue weighted by Crippen LogP contribution is 2.21. The molecule has 0 bridgehead atoms. The molecule has 1 aromatic rings. The molecular weight excluding hydrogens is 208 g/mol. The van der Waals surface area contributed by atoms with Crippen molar-refractivity contribution in [2.45, 2.75) is 45.6 Å². The zero-order chi connectivity index (χ0) is 12.5. The van der Waals surface area contributed by atoms with Crippen LogP contribution in [0.2, 0.25) is 0 Å². The summed E-state index contributed by atoms with van der Waals surface area (Å²) in [6.45, 7) is 9.12. The van der Waals surface area contributed by atoms with Gasteiger partial charge in [0.05, 0.1) is 0 Å². The van der Waals surface area contributed by atoms with Gasteiger partial charge in [0.2, 0.25) is 0 Å². The second-order valence-electron chi connectivity index (χ2n) is 4.40. The molecule has 1 heterocycles. The van der Waals surface area contributed by atoms with Crippen LogP contribution in [0.3, 0.4) is 0 Å². The molecule has 0 spiro atoms. The van der Waals surface area contributed by atoms with Crippen molar-refractivity contribution in [3.05, 3.63) is 42.2 Å². The quantitative estimate of drug-likeness (QED) is 0.545. The first kappa shape index (κ1) is 13.9. The molecule has 0 fully saturated rings. The van der Waals surface area contributed by atoms with Crippen LogP contribution in [0.5, 0.6) is 0 Å². The third-order valence-corrected chi connectivity index (χ3v) is 2.97. The van der Waals surface area contributed by atoms with Gasteiger partial charge >= 0.3 is 0 Å². The Bertz CT molecular complexity index is 333. The lowest BCUT2D eigenvalue weighted by Crippen LogP contribution is -2.23. The molecule has 94 valence electrons. The molecule has 2 nitrogen and oxygen atoms in total. The third kappa shape index (κ3) is 4.70. The van der Waals surface area contributed by atoms with Crippen molar-refractivity contribution in [2.24, 2.45) is 0 Å². The molecular formula is C15H24N2. The first-order chi connectivity index (χ1) is 8.29. The molecule has 1 aromatic heterocycles. The van der Waals surface area contributed by atoms with Crippen LogP contribution in [-0.4, -0.2) is 11.5 Å². The smallest absolute Gasteiger partial charge is 0.0420 e. The lowest BCUT2D eigenvalue weighted by atomic mass is 9.99. The number of hydrogen-bond acceptors (Lipinski definition) is 2. The van der Waals surface area contributed by atoms with Gasteiger partial charge in [-0.15, -0.1) is 6.58 Å². The fraction of sp³-hybridized carbons (Fsp3) is 0.533. The normalized spacial score (nSPS) is 12.4. The zero-order valence-corrected chi connectivity index (χ0v) is 11.1. The number of allylic oxidation sites excluding steroid dienone is 1. The standard InChI is InChI=1S/C15H24N2/c1-4-6-7-10-15(17-11-5-2)14-9-8-12-16-13(14)3/h4,8-9,12,15,17H,1,5-7,10-11H2,2-3H3. The summed E-state index contributed by atoms with van der Waals surface area (Å²) in [6.07, 6.45) is 8.44. The van der Waals surface area contributed by atoms with Crippen LogP contribution >= 0.6 is 0 Å². The number of aromatic nitrogens is 1. The minimum absolute atomic E-state index is 0.434. The van der Waals surface area contributed by atoms with Gasteiger partial charge < -0.3 is 5.32 Å². The second kappa shape index (κ2) is 8.02. The summed E-state index contributed by atoms with van der Waals surface area (Å²) in [5.41, 5.74) is 2.48. The number of nitrogens with zero attached hydrogens (tertiary/aromatic N) is 1. The van der Waals surface area contributed by atoms with E-state index in [0.717, 1.165) is 31.5 Å². The maximum atomic E-state index is 4.38. The monoisotopic (exact) mass is 232 g/mol. The van der Waals surface area contributed by atoms with E-state index in [4.69, 9.17) is 0 Å². The second-order valence-corrected chi connectivity index (χ2v) is 4.40. The van der Waals surface area contributed by atoms with E-state index in [1.54, 1.807) is 0 Å². The van der Waals surface area contributed by atoms with Crippen LogP contribution < -0.4 is 5.32 Å². The van der Waals surface area contributed by atoms with Gasteiger partial charge in [0.1, 0.15) is 0 Å². The van der Waals surface area contributed by atoms with Crippen molar-refractivity contribution in [1.29, 1.82) is 0 Å². The summed E-state index contributed by atoms with van der Waals surface area (Å²) in [5, 5.41) is 3.61. The van der Waals surface area contributed by atoms with Crippen molar-refractivity contribution >= 4 is 0 Å². The first-order valence-corrected chi connectivity index (χ1v) is 6.55. The fourth-order valence-electron chi connectivity index (χ4n) is 2.02. The van der Waals surface area contributed by atoms with Gasteiger partial charge in [-0.05, 0) is 50.8 Å². The highest BCUT2D eigenvalue weighted by molar-refractivity contribution is 5.22. The number of aryl methyl sites for hydroxylation is 1. The largest absolute Gasteiger partial charge is 0.310 e. The summed E-state index contributed by atoms with van der Waals surface area (Å²) in [4.78, 5) is 4.38. The molecule has 0 aromatic carbocycles. The van der Waals surface area contributed by atoms with Gasteiger partial charge in [0.25, 0.3) is 0 Å². The van der Waals surface area contributed by atoms with Crippen molar-refractivity contribution in [3.8, 4) is 0 Å². The van der Waals surface area contributed by atoms with Gasteiger partial charge in [-0.2, -0.15) is 0 Å². The summed E-state index contributed by atoms with van der Waals surface area (Å²) >= 11 is 0. The van der Waals surface area contributed by atoms with E-state index in [9.17, 15) is 0 Å². The molecule has 1 rings (SSSR count). The maximum absolute atomic E-state index is 4.38. The minimum Gasteiger partial charge on any atom is -0.310 e. The molecule has 0 aliphatic carbocycles. The van der Waals surface area contributed by atoms with Crippen molar-refractivity contribution < 1.29 is 0 Å². The van der Waals surface area contributed by atoms with Crippen LogP contribution in [-0.2, 0) is 0 Å². The van der Waals surface area contributed by atoms with Crippen LogP contribution in [0.1, 0.15) is 49.9 Å². The lowest BCUT2D eigenvalue weighted by molar-refractivity contribution is 0.483. The lowest BCUT2D eigenvalue weighted by Gasteiger charge is -2.20. The van der Waals surface area contributed by atoms with Gasteiger partial charge in [-0.1, -0.05) is 19.1 Å². The number of nitrogens with one attached hydrogen (secondary N) is 1. The molecule has 1 unspecified atom stereocenters. The highest BCUT2D eigenvalue weighted by Gasteiger charge is 2.12. The van der Waals surface area contributed by atoms with Gasteiger partial charge in [-0.25, -0.2) is 0 Å². The van der Waals surface area contributed by atoms with E-state index < -0.39 is 0 Å². The van der Waals surface area contributed by atoms with Crippen LogP contribution in [0.25, 0.3) is 0 Å². The van der Waals surface area contributed by atoms with E-state index in [1.807, 2.05) is 18.3 Å². The Morgan fingerprint density at radius 2 is 2.35 bits per heavy atom. The first-order valence-electron chi connectivity index (χ1n) is 6.55. The molecule has 2 heteroatoms. The maximum Gasteiger partial charge on any atom is 0.0420 e. The highest BCUT2D eigenvalue weighted by atomic mass is 14.9. The number of pyridine rings is 1. The van der Waals surface area contributed by atoms with E-state index in [0.29, 0.717) is 6.04 Å². The van der Waals surface area contributed by atoms with Crippen molar-refractivity contribution in [1.82, 2.24) is 10.3 Å². The minimum atomic E-state index is 0.434. The van der Waals surface area contributed by atoms with E-state index in [1.165, 1.54) is 12.0 Å². The summed E-state index contributed by atoms with van der Waals surface area (Å²) in [6, 6.07) is 4.64. The van der Waals surface area contributed by atoms with Crippen LogP contribution in [0.4, 0.5) is 0 Å². The van der Waals surface area contributed by atoms with Gasteiger partial charge in [0, 0.05) is 17.9 Å². The Kier molecular flexibility index (Phi) is 6.56. The Balaban J connectivity index is 2.67. The topological polar surface area (TPSA) is 24.9 Å². The van der Waals surface area contributed by atoms with Crippen molar-refractivity contribution in [2.75, 3.05) is 6.54 Å². The molecule has 1 atom stereocenters. The van der Waals surface area contributed by atoms with Gasteiger partial charge in [-0.3, -0.25) is 4.98 Å². The fourth-order valence-corrected chi connectivity index (χ4v) is 2.02. The summed E-state index contributed by atoms with van der Waals surface area (Å²) in [5.74, 6) is 0.